The Morgan fingerprint density at radius 2 is 1.79 bits per heavy atom. The quantitative estimate of drug-likeness (QED) is 0.648. The van der Waals surface area contributed by atoms with Crippen LogP contribution in [-0.2, 0) is 11.4 Å². The van der Waals surface area contributed by atoms with Gasteiger partial charge in [0.05, 0.1) is 4.91 Å². The SMILES string of the molecule is Cc1ccc(COc2ccc(/C=C3\SC(N4CCC(C)CC4)=NC3=O)cc2)cc1. The van der Waals surface area contributed by atoms with E-state index in [9.17, 15) is 4.79 Å². The largest absolute Gasteiger partial charge is 0.489 e. The molecule has 1 fully saturated rings. The number of amidine groups is 1. The molecule has 4 rings (SSSR count). The molecule has 2 aromatic rings. The van der Waals surface area contributed by atoms with E-state index in [1.54, 1.807) is 0 Å². The summed E-state index contributed by atoms with van der Waals surface area (Å²) in [4.78, 5) is 19.5. The van der Waals surface area contributed by atoms with Crippen molar-refractivity contribution in [3.63, 3.8) is 0 Å². The van der Waals surface area contributed by atoms with Gasteiger partial charge in [-0.1, -0.05) is 48.9 Å². The van der Waals surface area contributed by atoms with Crippen molar-refractivity contribution in [2.24, 2.45) is 10.9 Å². The van der Waals surface area contributed by atoms with Crippen LogP contribution < -0.4 is 4.74 Å². The van der Waals surface area contributed by atoms with Crippen LogP contribution in [0.2, 0.25) is 0 Å². The molecule has 2 heterocycles. The molecule has 0 radical (unpaired) electrons. The molecule has 0 saturated carbocycles. The van der Waals surface area contributed by atoms with Crippen LogP contribution in [0, 0.1) is 12.8 Å². The Bertz CT molecular complexity index is 924. The molecule has 29 heavy (non-hydrogen) atoms. The number of ether oxygens (including phenoxy) is 1. The van der Waals surface area contributed by atoms with Crippen molar-refractivity contribution in [3.8, 4) is 5.75 Å². The molecule has 0 spiro atoms. The Morgan fingerprint density at radius 1 is 1.10 bits per heavy atom. The number of amides is 1. The minimum absolute atomic E-state index is 0.136. The molecule has 5 heteroatoms. The fourth-order valence-electron chi connectivity index (χ4n) is 3.40. The molecule has 0 aliphatic carbocycles. The van der Waals surface area contributed by atoms with E-state index in [-0.39, 0.29) is 5.91 Å². The second kappa shape index (κ2) is 8.87. The lowest BCUT2D eigenvalue weighted by Crippen LogP contribution is -2.35. The smallest absolute Gasteiger partial charge is 0.286 e. The molecule has 0 unspecified atom stereocenters. The summed E-state index contributed by atoms with van der Waals surface area (Å²) in [5.41, 5.74) is 3.37. The van der Waals surface area contributed by atoms with Crippen LogP contribution >= 0.6 is 11.8 Å². The summed E-state index contributed by atoms with van der Waals surface area (Å²) in [6, 6.07) is 16.2. The van der Waals surface area contributed by atoms with Gasteiger partial charge in [-0.15, -0.1) is 0 Å². The number of aryl methyl sites for hydroxylation is 1. The predicted octanol–water partition coefficient (Wildman–Crippen LogP) is 5.28. The summed E-state index contributed by atoms with van der Waals surface area (Å²) in [7, 11) is 0. The molecular formula is C24H26N2O2S. The zero-order valence-corrected chi connectivity index (χ0v) is 17.7. The third-order valence-electron chi connectivity index (χ3n) is 5.37. The first-order valence-electron chi connectivity index (χ1n) is 10.1. The highest BCUT2D eigenvalue weighted by Gasteiger charge is 2.28. The van der Waals surface area contributed by atoms with Gasteiger partial charge in [-0.2, -0.15) is 4.99 Å². The summed E-state index contributed by atoms with van der Waals surface area (Å²) < 4.78 is 5.86. The number of benzene rings is 2. The topological polar surface area (TPSA) is 41.9 Å². The van der Waals surface area contributed by atoms with E-state index in [1.807, 2.05) is 30.3 Å². The van der Waals surface area contributed by atoms with Crippen LogP contribution in [0.3, 0.4) is 0 Å². The van der Waals surface area contributed by atoms with Gasteiger partial charge in [0.25, 0.3) is 5.91 Å². The Hall–Kier alpha value is -2.53. The number of hydrogen-bond acceptors (Lipinski definition) is 4. The summed E-state index contributed by atoms with van der Waals surface area (Å²) in [5.74, 6) is 1.44. The van der Waals surface area contributed by atoms with Crippen molar-refractivity contribution in [2.75, 3.05) is 13.1 Å². The molecule has 2 aromatic carbocycles. The highest BCUT2D eigenvalue weighted by atomic mass is 32.2. The summed E-state index contributed by atoms with van der Waals surface area (Å²) in [6.45, 7) is 6.87. The van der Waals surface area contributed by atoms with Crippen molar-refractivity contribution in [1.29, 1.82) is 0 Å². The van der Waals surface area contributed by atoms with Crippen LogP contribution in [0.4, 0.5) is 0 Å². The number of hydrogen-bond donors (Lipinski definition) is 0. The Balaban J connectivity index is 1.35. The number of likely N-dealkylation sites (tertiary alicyclic amines) is 1. The first-order chi connectivity index (χ1) is 14.1. The van der Waals surface area contributed by atoms with Crippen molar-refractivity contribution in [1.82, 2.24) is 4.90 Å². The van der Waals surface area contributed by atoms with Gasteiger partial charge >= 0.3 is 0 Å². The van der Waals surface area contributed by atoms with Gasteiger partial charge in [0, 0.05) is 13.1 Å². The zero-order valence-electron chi connectivity index (χ0n) is 16.9. The van der Waals surface area contributed by atoms with Crippen LogP contribution in [-0.4, -0.2) is 29.1 Å². The number of aliphatic imine (C=N–C) groups is 1. The van der Waals surface area contributed by atoms with E-state index in [0.29, 0.717) is 11.5 Å². The lowest BCUT2D eigenvalue weighted by molar-refractivity contribution is -0.113. The number of piperidine rings is 1. The molecule has 0 atom stereocenters. The molecular weight excluding hydrogens is 380 g/mol. The van der Waals surface area contributed by atoms with E-state index in [0.717, 1.165) is 53.9 Å². The Labute approximate surface area is 176 Å². The minimum atomic E-state index is -0.136. The molecule has 1 amide bonds. The van der Waals surface area contributed by atoms with E-state index in [1.165, 1.54) is 17.3 Å². The molecule has 1 saturated heterocycles. The van der Waals surface area contributed by atoms with Crippen molar-refractivity contribution in [2.45, 2.75) is 33.3 Å². The third kappa shape index (κ3) is 5.10. The lowest BCUT2D eigenvalue weighted by atomic mass is 10.00. The van der Waals surface area contributed by atoms with E-state index < -0.39 is 0 Å². The summed E-state index contributed by atoms with van der Waals surface area (Å²) in [6.07, 6.45) is 4.24. The number of nitrogens with zero attached hydrogens (tertiary/aromatic N) is 2. The van der Waals surface area contributed by atoms with E-state index >= 15 is 0 Å². The molecule has 2 aliphatic heterocycles. The van der Waals surface area contributed by atoms with Gasteiger partial charge in [0.1, 0.15) is 12.4 Å². The highest BCUT2D eigenvalue weighted by molar-refractivity contribution is 8.18. The van der Waals surface area contributed by atoms with Gasteiger partial charge in [-0.25, -0.2) is 0 Å². The molecule has 2 aliphatic rings. The van der Waals surface area contributed by atoms with Gasteiger partial charge in [0.15, 0.2) is 5.17 Å². The molecule has 150 valence electrons. The molecule has 0 bridgehead atoms. The fraction of sp³-hybridized carbons (Fsp3) is 0.333. The zero-order chi connectivity index (χ0) is 20.2. The van der Waals surface area contributed by atoms with Gasteiger partial charge in [0.2, 0.25) is 0 Å². The van der Waals surface area contributed by atoms with Gasteiger partial charge < -0.3 is 9.64 Å². The fourth-order valence-corrected chi connectivity index (χ4v) is 4.36. The first-order valence-corrected chi connectivity index (χ1v) is 10.9. The Kier molecular flexibility index (Phi) is 6.05. The predicted molar refractivity (Wildman–Crippen MR) is 120 cm³/mol. The number of carbonyl (C=O) groups excluding carboxylic acids is 1. The number of thioether (sulfide) groups is 1. The normalized spacial score (nSPS) is 19.0. The summed E-state index contributed by atoms with van der Waals surface area (Å²) in [5, 5.41) is 0.853. The van der Waals surface area contributed by atoms with Crippen LogP contribution in [0.15, 0.2) is 58.4 Å². The lowest BCUT2D eigenvalue weighted by Gasteiger charge is -2.30. The molecule has 0 aromatic heterocycles. The maximum atomic E-state index is 12.3. The Morgan fingerprint density at radius 3 is 2.48 bits per heavy atom. The van der Waals surface area contributed by atoms with Crippen LogP contribution in [0.25, 0.3) is 6.08 Å². The highest BCUT2D eigenvalue weighted by Crippen LogP contribution is 2.32. The monoisotopic (exact) mass is 406 g/mol. The minimum Gasteiger partial charge on any atom is -0.489 e. The summed E-state index contributed by atoms with van der Waals surface area (Å²) >= 11 is 1.49. The average Bonchev–Trinajstić information content (AvgIpc) is 3.09. The maximum Gasteiger partial charge on any atom is 0.286 e. The van der Waals surface area contributed by atoms with Crippen LogP contribution in [0.1, 0.15) is 36.5 Å². The first kappa shape index (κ1) is 19.8. The average molecular weight is 407 g/mol. The van der Waals surface area contributed by atoms with E-state index in [2.05, 4.69) is 48.0 Å². The maximum absolute atomic E-state index is 12.3. The molecule has 4 nitrogen and oxygen atoms in total. The second-order valence-electron chi connectivity index (χ2n) is 7.82. The standard InChI is InChI=1S/C24H26N2O2S/c1-17-3-5-20(6-4-17)16-28-21-9-7-19(8-10-21)15-22-23(27)25-24(29-22)26-13-11-18(2)12-14-26/h3-10,15,18H,11-14,16H2,1-2H3/b22-15-. The van der Waals surface area contributed by atoms with Crippen LogP contribution in [0.5, 0.6) is 5.75 Å². The second-order valence-corrected chi connectivity index (χ2v) is 8.83. The number of rotatable bonds is 4. The van der Waals surface area contributed by atoms with Gasteiger partial charge in [-0.3, -0.25) is 4.79 Å². The van der Waals surface area contributed by atoms with Crippen molar-refractivity contribution in [3.05, 3.63) is 70.1 Å². The third-order valence-corrected chi connectivity index (χ3v) is 6.41. The molecule has 0 N–H and O–H groups in total. The van der Waals surface area contributed by atoms with Crippen molar-refractivity contribution >= 4 is 28.9 Å². The van der Waals surface area contributed by atoms with Crippen molar-refractivity contribution < 1.29 is 9.53 Å². The number of carbonyl (C=O) groups is 1. The van der Waals surface area contributed by atoms with E-state index in [4.69, 9.17) is 4.74 Å². The van der Waals surface area contributed by atoms with Gasteiger partial charge in [-0.05, 0) is 66.8 Å².